The van der Waals surface area contributed by atoms with Crippen molar-refractivity contribution in [2.75, 3.05) is 11.5 Å². The molecule has 7 rings (SSSR count). The van der Waals surface area contributed by atoms with E-state index in [2.05, 4.69) is 48.4 Å². The van der Waals surface area contributed by atoms with Gasteiger partial charge in [-0.1, -0.05) is 66.6 Å². The van der Waals surface area contributed by atoms with E-state index in [1.165, 1.54) is 12.1 Å². The van der Waals surface area contributed by atoms with E-state index >= 15 is 0 Å². The lowest BCUT2D eigenvalue weighted by molar-refractivity contribution is 0.456. The fourth-order valence-electron chi connectivity index (χ4n) is 6.23. The third kappa shape index (κ3) is 4.55. The molecule has 0 unspecified atom stereocenters. The topological polar surface area (TPSA) is 111 Å². The molecule has 218 valence electrons. The molecule has 0 bridgehead atoms. The van der Waals surface area contributed by atoms with E-state index in [0.29, 0.717) is 23.0 Å². The lowest BCUT2D eigenvalue weighted by atomic mass is 9.67. The predicted molar refractivity (Wildman–Crippen MR) is 177 cm³/mol. The summed E-state index contributed by atoms with van der Waals surface area (Å²) in [5.41, 5.74) is 18.6. The summed E-state index contributed by atoms with van der Waals surface area (Å²) in [4.78, 5) is 0. The highest BCUT2D eigenvalue weighted by atomic mass is 16.5. The highest BCUT2D eigenvalue weighted by molar-refractivity contribution is 5.89. The van der Waals surface area contributed by atoms with Crippen LogP contribution in [0.3, 0.4) is 0 Å². The number of terminal acetylenes is 1. The van der Waals surface area contributed by atoms with E-state index in [0.717, 1.165) is 38.9 Å². The summed E-state index contributed by atoms with van der Waals surface area (Å²) >= 11 is 0. The van der Waals surface area contributed by atoms with Crippen LogP contribution in [0, 0.1) is 12.3 Å². The second-order valence-corrected chi connectivity index (χ2v) is 10.9. The molecule has 45 heavy (non-hydrogen) atoms. The zero-order chi connectivity index (χ0) is 31.1. The van der Waals surface area contributed by atoms with Crippen molar-refractivity contribution in [3.8, 4) is 58.0 Å². The van der Waals surface area contributed by atoms with Crippen LogP contribution in [-0.4, -0.2) is 10.2 Å². The van der Waals surface area contributed by atoms with Gasteiger partial charge in [-0.3, -0.25) is 0 Å². The van der Waals surface area contributed by atoms with Crippen molar-refractivity contribution < 1.29 is 19.7 Å². The quantitative estimate of drug-likeness (QED) is 0.0886. The largest absolute Gasteiger partial charge is 0.506 e. The molecule has 0 saturated carbocycles. The smallest absolute Gasteiger partial charge is 0.142 e. The van der Waals surface area contributed by atoms with Crippen molar-refractivity contribution in [3.05, 3.63) is 155 Å². The average molecular weight is 589 g/mol. The number of hydrogen-bond donors (Lipinski definition) is 4. The SMILES string of the molecule is C#Cc1cccc2c1-c1ccccc1C2(c1ccc(Oc2ccc(N)c(O)c2)cc1)c1ccc(Oc2ccc(N)c(O)c2)cc1. The van der Waals surface area contributed by atoms with Gasteiger partial charge in [0.1, 0.15) is 34.5 Å². The van der Waals surface area contributed by atoms with E-state index in [1.807, 2.05) is 48.5 Å². The van der Waals surface area contributed by atoms with Crippen molar-refractivity contribution in [1.29, 1.82) is 0 Å². The maximum Gasteiger partial charge on any atom is 0.142 e. The number of nitrogen functional groups attached to an aromatic ring is 2. The Bertz CT molecular complexity index is 2020. The van der Waals surface area contributed by atoms with Gasteiger partial charge < -0.3 is 31.2 Å². The van der Waals surface area contributed by atoms with Crippen molar-refractivity contribution in [1.82, 2.24) is 0 Å². The average Bonchev–Trinajstić information content (AvgIpc) is 3.37. The van der Waals surface area contributed by atoms with Crippen LogP contribution in [-0.2, 0) is 5.41 Å². The maximum atomic E-state index is 10.0. The highest BCUT2D eigenvalue weighted by Crippen LogP contribution is 2.57. The van der Waals surface area contributed by atoms with Crippen LogP contribution in [0.4, 0.5) is 11.4 Å². The Morgan fingerprint density at radius 1 is 0.556 bits per heavy atom. The number of rotatable bonds is 6. The fourth-order valence-corrected chi connectivity index (χ4v) is 6.23. The van der Waals surface area contributed by atoms with Gasteiger partial charge in [0.2, 0.25) is 0 Å². The minimum atomic E-state index is -0.700. The van der Waals surface area contributed by atoms with E-state index < -0.39 is 5.41 Å². The molecule has 0 aliphatic heterocycles. The van der Waals surface area contributed by atoms with Crippen LogP contribution in [0.1, 0.15) is 27.8 Å². The molecule has 0 saturated heterocycles. The van der Waals surface area contributed by atoms with E-state index in [1.54, 1.807) is 24.3 Å². The number of phenols is 2. The lowest BCUT2D eigenvalue weighted by Crippen LogP contribution is -2.28. The van der Waals surface area contributed by atoms with Gasteiger partial charge in [-0.2, -0.15) is 0 Å². The Morgan fingerprint density at radius 2 is 1.04 bits per heavy atom. The zero-order valence-electron chi connectivity index (χ0n) is 24.1. The fraction of sp³-hybridized carbons (Fsp3) is 0.0256. The van der Waals surface area contributed by atoms with Crippen LogP contribution in [0.5, 0.6) is 34.5 Å². The first-order valence-corrected chi connectivity index (χ1v) is 14.3. The number of aromatic hydroxyl groups is 2. The Kier molecular flexibility index (Phi) is 6.57. The molecule has 0 atom stereocenters. The summed E-state index contributed by atoms with van der Waals surface area (Å²) < 4.78 is 12.1. The second-order valence-electron chi connectivity index (χ2n) is 10.9. The normalized spacial score (nSPS) is 12.5. The first kappa shape index (κ1) is 27.5. The first-order chi connectivity index (χ1) is 21.9. The molecule has 6 N–H and O–H groups in total. The first-order valence-electron chi connectivity index (χ1n) is 14.3. The summed E-state index contributed by atoms with van der Waals surface area (Å²) in [5, 5.41) is 20.1. The number of nitrogens with two attached hydrogens (primary N) is 2. The Labute approximate surface area is 260 Å². The van der Waals surface area contributed by atoms with Gasteiger partial charge in [0, 0.05) is 23.3 Å². The molecule has 0 spiro atoms. The van der Waals surface area contributed by atoms with Crippen LogP contribution in [0.2, 0.25) is 0 Å². The molecule has 6 aromatic rings. The van der Waals surface area contributed by atoms with Gasteiger partial charge in [-0.05, 0) is 82.4 Å². The van der Waals surface area contributed by atoms with Gasteiger partial charge in [0.15, 0.2) is 0 Å². The minimum absolute atomic E-state index is 0.0350. The molecule has 1 aliphatic rings. The molecule has 0 heterocycles. The molecule has 1 aliphatic carbocycles. The number of anilines is 2. The third-order valence-corrected chi connectivity index (χ3v) is 8.27. The molecule has 0 fully saturated rings. The number of hydrogen-bond acceptors (Lipinski definition) is 6. The Hall–Kier alpha value is -6.32. The number of benzene rings is 6. The third-order valence-electron chi connectivity index (χ3n) is 8.27. The molecule has 0 aromatic heterocycles. The van der Waals surface area contributed by atoms with E-state index in [4.69, 9.17) is 27.4 Å². The van der Waals surface area contributed by atoms with Crippen LogP contribution in [0.25, 0.3) is 11.1 Å². The Balaban J connectivity index is 1.36. The number of phenolic OH excluding ortho intramolecular Hbond substituents is 2. The summed E-state index contributed by atoms with van der Waals surface area (Å²) in [6, 6.07) is 40.0. The molecular formula is C39H28N2O4. The highest BCUT2D eigenvalue weighted by Gasteiger charge is 2.46. The van der Waals surface area contributed by atoms with E-state index in [-0.39, 0.29) is 22.9 Å². The second kappa shape index (κ2) is 10.7. The summed E-state index contributed by atoms with van der Waals surface area (Å²) in [5.74, 6) is 5.00. The molecule has 6 nitrogen and oxygen atoms in total. The zero-order valence-corrected chi connectivity index (χ0v) is 24.1. The van der Waals surface area contributed by atoms with Crippen LogP contribution < -0.4 is 20.9 Å². The number of fused-ring (bicyclic) bond motifs is 3. The van der Waals surface area contributed by atoms with Gasteiger partial charge in [-0.25, -0.2) is 0 Å². The van der Waals surface area contributed by atoms with Crippen molar-refractivity contribution in [2.24, 2.45) is 0 Å². The maximum absolute atomic E-state index is 10.0. The van der Waals surface area contributed by atoms with Crippen LogP contribution in [0.15, 0.2) is 127 Å². The van der Waals surface area contributed by atoms with Gasteiger partial charge in [0.25, 0.3) is 0 Å². The lowest BCUT2D eigenvalue weighted by Gasteiger charge is -2.34. The van der Waals surface area contributed by atoms with Crippen molar-refractivity contribution in [2.45, 2.75) is 5.41 Å². The number of ether oxygens (including phenoxy) is 2. The van der Waals surface area contributed by atoms with Gasteiger partial charge in [0.05, 0.1) is 16.8 Å². The summed E-state index contributed by atoms with van der Waals surface area (Å²) in [6.45, 7) is 0. The van der Waals surface area contributed by atoms with Gasteiger partial charge in [-0.15, -0.1) is 6.42 Å². The minimum Gasteiger partial charge on any atom is -0.506 e. The Morgan fingerprint density at radius 3 is 1.56 bits per heavy atom. The predicted octanol–water partition coefficient (Wildman–Crippen LogP) is 8.19. The molecule has 6 aromatic carbocycles. The van der Waals surface area contributed by atoms with E-state index in [9.17, 15) is 10.2 Å². The van der Waals surface area contributed by atoms with Crippen molar-refractivity contribution in [3.63, 3.8) is 0 Å². The molecule has 0 amide bonds. The standard InChI is InChI=1S/C39H28N2O4/c1-2-24-6-5-9-33-38(24)31-7-3-4-8-32(31)39(33,25-10-14-27(15-11-25)44-29-18-20-34(40)36(42)22-29)26-12-16-28(17-13-26)45-30-19-21-35(41)37(43)23-30/h1,3-23,42-43H,40-41H2. The monoisotopic (exact) mass is 588 g/mol. The molecule has 0 radical (unpaired) electrons. The van der Waals surface area contributed by atoms with Crippen LogP contribution >= 0.6 is 0 Å². The molecular weight excluding hydrogens is 560 g/mol. The van der Waals surface area contributed by atoms with Crippen molar-refractivity contribution >= 4 is 11.4 Å². The summed E-state index contributed by atoms with van der Waals surface area (Å²) in [7, 11) is 0. The summed E-state index contributed by atoms with van der Waals surface area (Å²) in [6.07, 6.45) is 6.04. The van der Waals surface area contributed by atoms with Gasteiger partial charge >= 0.3 is 0 Å². The molecule has 6 heteroatoms.